The Hall–Kier alpha value is -2.26. The predicted octanol–water partition coefficient (Wildman–Crippen LogP) is 0.788. The lowest BCUT2D eigenvalue weighted by molar-refractivity contribution is -0.143. The van der Waals surface area contributed by atoms with Crippen LogP contribution < -0.4 is 10.1 Å². The fraction of sp³-hybridized carbons (Fsp3) is 0.714. The molecule has 1 aromatic heterocycles. The van der Waals surface area contributed by atoms with Crippen molar-refractivity contribution in [2.75, 3.05) is 33.0 Å². The molecule has 30 heavy (non-hydrogen) atoms. The van der Waals surface area contributed by atoms with E-state index in [1.165, 1.54) is 0 Å². The molecular formula is C21H28N4O5. The van der Waals surface area contributed by atoms with E-state index in [2.05, 4.69) is 15.5 Å². The van der Waals surface area contributed by atoms with Crippen molar-refractivity contribution in [1.29, 1.82) is 0 Å². The van der Waals surface area contributed by atoms with Crippen LogP contribution in [-0.2, 0) is 19.1 Å². The summed E-state index contributed by atoms with van der Waals surface area (Å²) in [4.78, 5) is 27.0. The monoisotopic (exact) mass is 416 g/mol. The van der Waals surface area contributed by atoms with Crippen LogP contribution in [-0.4, -0.2) is 77.6 Å². The molecule has 4 aliphatic heterocycles. The Kier molecular flexibility index (Phi) is 5.32. The van der Waals surface area contributed by atoms with Gasteiger partial charge in [0, 0.05) is 12.1 Å². The van der Waals surface area contributed by atoms with E-state index in [4.69, 9.17) is 14.2 Å². The second kappa shape index (κ2) is 8.11. The summed E-state index contributed by atoms with van der Waals surface area (Å²) in [6.45, 7) is 1.71. The molecule has 9 heteroatoms. The van der Waals surface area contributed by atoms with Crippen molar-refractivity contribution in [3.05, 3.63) is 17.8 Å². The average molecular weight is 416 g/mol. The molecule has 9 nitrogen and oxygen atoms in total. The van der Waals surface area contributed by atoms with E-state index >= 15 is 0 Å². The molecule has 1 saturated carbocycles. The van der Waals surface area contributed by atoms with Gasteiger partial charge >= 0.3 is 0 Å². The Morgan fingerprint density at radius 2 is 2.07 bits per heavy atom. The minimum atomic E-state index is -0.571. The summed E-state index contributed by atoms with van der Waals surface area (Å²) in [5.41, 5.74) is 0.506. The van der Waals surface area contributed by atoms with Crippen LogP contribution in [0.4, 0.5) is 0 Å². The number of carbonyl (C=O) groups excluding carboxylic acids is 2. The molecule has 5 heterocycles. The summed E-state index contributed by atoms with van der Waals surface area (Å²) >= 11 is 0. The van der Waals surface area contributed by atoms with Crippen LogP contribution >= 0.6 is 0 Å². The Bertz CT molecular complexity index is 812. The van der Waals surface area contributed by atoms with Gasteiger partial charge in [-0.3, -0.25) is 9.59 Å². The zero-order valence-corrected chi connectivity index (χ0v) is 17.0. The molecule has 2 amide bonds. The molecule has 0 aromatic carbocycles. The Labute approximate surface area is 175 Å². The molecule has 1 aliphatic carbocycles. The number of rotatable bonds is 0. The van der Waals surface area contributed by atoms with E-state index < -0.39 is 5.54 Å². The van der Waals surface area contributed by atoms with Gasteiger partial charge in [0.1, 0.15) is 6.61 Å². The summed E-state index contributed by atoms with van der Waals surface area (Å²) in [5, 5.41) is 11.3. The Morgan fingerprint density at radius 3 is 2.90 bits per heavy atom. The summed E-state index contributed by atoms with van der Waals surface area (Å²) in [6.07, 6.45) is 6.67. The van der Waals surface area contributed by atoms with Crippen LogP contribution in [0.3, 0.4) is 0 Å². The lowest BCUT2D eigenvalue weighted by Gasteiger charge is -2.41. The minimum absolute atomic E-state index is 0.00652. The molecule has 1 N–H and O–H groups in total. The van der Waals surface area contributed by atoms with Crippen molar-refractivity contribution in [2.45, 2.75) is 62.1 Å². The van der Waals surface area contributed by atoms with Crippen molar-refractivity contribution in [2.24, 2.45) is 0 Å². The number of fused-ring (bicyclic) bond motifs is 6. The first kappa shape index (κ1) is 19.7. The molecule has 2 atom stereocenters. The van der Waals surface area contributed by atoms with E-state index in [1.807, 2.05) is 11.0 Å². The molecule has 0 radical (unpaired) electrons. The number of hydrogen-bond donors (Lipinski definition) is 1. The van der Waals surface area contributed by atoms with Crippen molar-refractivity contribution in [3.63, 3.8) is 0 Å². The van der Waals surface area contributed by atoms with Crippen molar-refractivity contribution < 1.29 is 23.8 Å². The van der Waals surface area contributed by atoms with Crippen LogP contribution in [0, 0.1) is 0 Å². The molecule has 0 unspecified atom stereocenters. The normalized spacial score (nSPS) is 34.7. The maximum atomic E-state index is 13.0. The van der Waals surface area contributed by atoms with Crippen LogP contribution in [0.1, 0.15) is 50.0 Å². The molecule has 2 bridgehead atoms. The van der Waals surface area contributed by atoms with Crippen LogP contribution in [0.25, 0.3) is 0 Å². The van der Waals surface area contributed by atoms with Crippen LogP contribution in [0.2, 0.25) is 0 Å². The quantitative estimate of drug-likeness (QED) is 0.667. The van der Waals surface area contributed by atoms with E-state index in [0.717, 1.165) is 31.2 Å². The largest absolute Gasteiger partial charge is 0.476 e. The van der Waals surface area contributed by atoms with Gasteiger partial charge in [-0.05, 0) is 44.1 Å². The van der Waals surface area contributed by atoms with Crippen LogP contribution in [0.5, 0.6) is 5.88 Å². The number of carbonyl (C=O) groups is 2. The number of nitrogens with zero attached hydrogens (tertiary/aromatic N) is 3. The zero-order valence-electron chi connectivity index (χ0n) is 17.0. The Balaban J connectivity index is 1.40. The van der Waals surface area contributed by atoms with Gasteiger partial charge < -0.3 is 24.4 Å². The van der Waals surface area contributed by atoms with Crippen LogP contribution in [0.15, 0.2) is 12.3 Å². The maximum absolute atomic E-state index is 13.0. The molecule has 2 saturated heterocycles. The zero-order chi connectivity index (χ0) is 20.6. The SMILES string of the molecule is O=C1COC[C@@]2(CCN3C(=O)CCOc4nnccc4C4CCC(CC4)OC[C@H]32)N1. The van der Waals surface area contributed by atoms with Crippen molar-refractivity contribution in [1.82, 2.24) is 20.4 Å². The fourth-order valence-electron chi connectivity index (χ4n) is 5.38. The van der Waals surface area contributed by atoms with Gasteiger partial charge in [0.2, 0.25) is 17.7 Å². The van der Waals surface area contributed by atoms with E-state index in [1.54, 1.807) is 6.20 Å². The average Bonchev–Trinajstić information content (AvgIpc) is 3.09. The first-order valence-corrected chi connectivity index (χ1v) is 10.9. The molecular weight excluding hydrogens is 388 g/mol. The molecule has 1 aromatic rings. The number of hydrogen-bond acceptors (Lipinski definition) is 7. The summed E-state index contributed by atoms with van der Waals surface area (Å²) in [7, 11) is 0. The summed E-state index contributed by atoms with van der Waals surface area (Å²) in [5.74, 6) is 0.769. The van der Waals surface area contributed by atoms with Gasteiger partial charge in [-0.1, -0.05) is 0 Å². The molecule has 162 valence electrons. The number of amides is 2. The van der Waals surface area contributed by atoms with Gasteiger partial charge in [-0.25, -0.2) is 0 Å². The maximum Gasteiger partial charge on any atom is 0.246 e. The van der Waals surface area contributed by atoms with E-state index in [9.17, 15) is 9.59 Å². The highest BCUT2D eigenvalue weighted by Gasteiger charge is 2.52. The first-order valence-electron chi connectivity index (χ1n) is 10.9. The highest BCUT2D eigenvalue weighted by molar-refractivity contribution is 5.80. The van der Waals surface area contributed by atoms with Gasteiger partial charge in [0.05, 0.1) is 50.1 Å². The van der Waals surface area contributed by atoms with E-state index in [0.29, 0.717) is 38.0 Å². The number of nitrogens with one attached hydrogen (secondary N) is 1. The highest BCUT2D eigenvalue weighted by atomic mass is 16.5. The number of morpholine rings is 1. The van der Waals surface area contributed by atoms with E-state index in [-0.39, 0.29) is 43.6 Å². The second-order valence-corrected chi connectivity index (χ2v) is 8.75. The summed E-state index contributed by atoms with van der Waals surface area (Å²) < 4.78 is 17.8. The molecule has 3 fully saturated rings. The molecule has 6 rings (SSSR count). The lowest BCUT2D eigenvalue weighted by Crippen LogP contribution is -2.65. The van der Waals surface area contributed by atoms with Gasteiger partial charge in [-0.15, -0.1) is 5.10 Å². The standard InChI is InChI=1S/C21H28N4O5/c26-18-12-28-13-21(23-18)7-9-25-17(21)11-30-15-3-1-14(2-4-15)16-5-8-22-24-20(16)29-10-6-19(25)27/h5,8,14-15,17H,1-4,6-7,9-13H2,(H,23,26)/t14?,15?,17-,21+/m0/s1. The van der Waals surface area contributed by atoms with Gasteiger partial charge in [0.25, 0.3) is 0 Å². The van der Waals surface area contributed by atoms with Crippen molar-refractivity contribution >= 4 is 11.8 Å². The summed E-state index contributed by atoms with van der Waals surface area (Å²) in [6, 6.07) is 1.75. The second-order valence-electron chi connectivity index (χ2n) is 8.75. The smallest absolute Gasteiger partial charge is 0.246 e. The number of aromatic nitrogens is 2. The highest BCUT2D eigenvalue weighted by Crippen LogP contribution is 2.38. The number of ether oxygens (including phenoxy) is 3. The minimum Gasteiger partial charge on any atom is -0.476 e. The molecule has 5 aliphatic rings. The topological polar surface area (TPSA) is 103 Å². The lowest BCUT2D eigenvalue weighted by atomic mass is 9.83. The van der Waals surface area contributed by atoms with Gasteiger partial charge in [0.15, 0.2) is 0 Å². The first-order chi connectivity index (χ1) is 14.6. The third-order valence-electron chi connectivity index (χ3n) is 6.99. The third kappa shape index (κ3) is 3.65. The molecule has 1 spiro atoms. The third-order valence-corrected chi connectivity index (χ3v) is 6.99. The fourth-order valence-corrected chi connectivity index (χ4v) is 5.38. The Morgan fingerprint density at radius 1 is 1.20 bits per heavy atom. The van der Waals surface area contributed by atoms with Gasteiger partial charge in [-0.2, -0.15) is 5.10 Å². The van der Waals surface area contributed by atoms with Crippen molar-refractivity contribution in [3.8, 4) is 5.88 Å². The predicted molar refractivity (Wildman–Crippen MR) is 105 cm³/mol.